The summed E-state index contributed by atoms with van der Waals surface area (Å²) in [5, 5.41) is 10.9. The first-order chi connectivity index (χ1) is 11.8. The number of aliphatic hydroxyl groups excluding tert-OH is 1. The topological polar surface area (TPSA) is 38.7 Å². The Morgan fingerprint density at radius 2 is 1.38 bits per heavy atom. The van der Waals surface area contributed by atoms with Crippen molar-refractivity contribution in [2.45, 2.75) is 13.3 Å². The highest BCUT2D eigenvalue weighted by atomic mass is 16.5. The molecule has 0 saturated heterocycles. The SMILES string of the molecule is CCCOc1ccc2ccccc2c1.OCCOc1ccccc1. The molecule has 0 atom stereocenters. The summed E-state index contributed by atoms with van der Waals surface area (Å²) in [6.07, 6.45) is 1.05. The van der Waals surface area contributed by atoms with Crippen LogP contribution in [0.1, 0.15) is 13.3 Å². The highest BCUT2D eigenvalue weighted by molar-refractivity contribution is 5.83. The summed E-state index contributed by atoms with van der Waals surface area (Å²) in [5.41, 5.74) is 0. The van der Waals surface area contributed by atoms with E-state index in [1.807, 2.05) is 42.5 Å². The van der Waals surface area contributed by atoms with E-state index in [-0.39, 0.29) is 6.61 Å². The average Bonchev–Trinajstić information content (AvgIpc) is 2.66. The Bertz CT molecular complexity index is 710. The van der Waals surface area contributed by atoms with Crippen molar-refractivity contribution in [2.75, 3.05) is 19.8 Å². The Labute approximate surface area is 143 Å². The molecule has 0 aliphatic heterocycles. The summed E-state index contributed by atoms with van der Waals surface area (Å²) in [6, 6.07) is 24.0. The Hall–Kier alpha value is -2.52. The predicted molar refractivity (Wildman–Crippen MR) is 98.8 cm³/mol. The quantitative estimate of drug-likeness (QED) is 0.715. The van der Waals surface area contributed by atoms with Gasteiger partial charge in [-0.25, -0.2) is 0 Å². The number of ether oxygens (including phenoxy) is 2. The maximum atomic E-state index is 8.40. The van der Waals surface area contributed by atoms with E-state index in [0.717, 1.165) is 24.5 Å². The molecule has 0 unspecified atom stereocenters. The molecule has 3 rings (SSSR count). The number of hydrogen-bond donors (Lipinski definition) is 1. The minimum absolute atomic E-state index is 0.0644. The van der Waals surface area contributed by atoms with Crippen molar-refractivity contribution in [1.29, 1.82) is 0 Å². The first-order valence-corrected chi connectivity index (χ1v) is 8.24. The third-order valence-corrected chi connectivity index (χ3v) is 3.30. The van der Waals surface area contributed by atoms with Gasteiger partial charge in [-0.05, 0) is 41.5 Å². The molecule has 3 heteroatoms. The van der Waals surface area contributed by atoms with Crippen molar-refractivity contribution in [2.24, 2.45) is 0 Å². The minimum atomic E-state index is 0.0644. The standard InChI is InChI=1S/C13H14O.C8H10O2/c1-2-9-14-13-8-7-11-5-3-4-6-12(11)10-13;9-6-7-10-8-4-2-1-3-5-8/h3-8,10H,2,9H2,1H3;1-5,9H,6-7H2. The van der Waals surface area contributed by atoms with Crippen LogP contribution < -0.4 is 9.47 Å². The highest BCUT2D eigenvalue weighted by Gasteiger charge is 1.95. The normalized spacial score (nSPS) is 9.92. The third kappa shape index (κ3) is 5.94. The zero-order valence-electron chi connectivity index (χ0n) is 14.0. The number of benzene rings is 3. The van der Waals surface area contributed by atoms with Crippen LogP contribution >= 0.6 is 0 Å². The number of hydrogen-bond acceptors (Lipinski definition) is 3. The van der Waals surface area contributed by atoms with Gasteiger partial charge in [0.1, 0.15) is 18.1 Å². The van der Waals surface area contributed by atoms with E-state index in [1.54, 1.807) is 0 Å². The van der Waals surface area contributed by atoms with E-state index in [1.165, 1.54) is 10.8 Å². The molecule has 0 aliphatic carbocycles. The molecule has 0 amide bonds. The van der Waals surface area contributed by atoms with Crippen molar-refractivity contribution in [3.05, 3.63) is 72.8 Å². The van der Waals surface area contributed by atoms with Crippen molar-refractivity contribution in [3.63, 3.8) is 0 Å². The van der Waals surface area contributed by atoms with E-state index in [9.17, 15) is 0 Å². The van der Waals surface area contributed by atoms with Crippen LogP contribution in [0.4, 0.5) is 0 Å². The van der Waals surface area contributed by atoms with Crippen LogP contribution in [-0.2, 0) is 0 Å². The van der Waals surface area contributed by atoms with Crippen molar-refractivity contribution < 1.29 is 14.6 Å². The van der Waals surface area contributed by atoms with Crippen LogP contribution in [0, 0.1) is 0 Å². The molecule has 0 heterocycles. The molecule has 0 fully saturated rings. The van der Waals surface area contributed by atoms with Gasteiger partial charge in [0.15, 0.2) is 0 Å². The van der Waals surface area contributed by atoms with Gasteiger partial charge in [0.2, 0.25) is 0 Å². The van der Waals surface area contributed by atoms with Crippen molar-refractivity contribution in [3.8, 4) is 11.5 Å². The monoisotopic (exact) mass is 324 g/mol. The molecule has 3 aromatic carbocycles. The van der Waals surface area contributed by atoms with Crippen LogP contribution in [0.3, 0.4) is 0 Å². The molecule has 126 valence electrons. The van der Waals surface area contributed by atoms with Gasteiger partial charge in [0.25, 0.3) is 0 Å². The van der Waals surface area contributed by atoms with E-state index in [0.29, 0.717) is 6.61 Å². The first kappa shape index (κ1) is 17.8. The van der Waals surface area contributed by atoms with Crippen molar-refractivity contribution >= 4 is 10.8 Å². The van der Waals surface area contributed by atoms with E-state index < -0.39 is 0 Å². The number of para-hydroxylation sites is 1. The third-order valence-electron chi connectivity index (χ3n) is 3.30. The second-order valence-electron chi connectivity index (χ2n) is 5.24. The van der Waals surface area contributed by atoms with Gasteiger partial charge < -0.3 is 14.6 Å². The van der Waals surface area contributed by atoms with Crippen LogP contribution in [-0.4, -0.2) is 24.9 Å². The smallest absolute Gasteiger partial charge is 0.119 e. The van der Waals surface area contributed by atoms with E-state index in [2.05, 4.69) is 37.3 Å². The van der Waals surface area contributed by atoms with Gasteiger partial charge in [-0.15, -0.1) is 0 Å². The Morgan fingerprint density at radius 1 is 0.708 bits per heavy atom. The lowest BCUT2D eigenvalue weighted by Gasteiger charge is -2.05. The van der Waals surface area contributed by atoms with E-state index in [4.69, 9.17) is 14.6 Å². The number of rotatable bonds is 6. The number of fused-ring (bicyclic) bond motifs is 1. The lowest BCUT2D eigenvalue weighted by atomic mass is 10.1. The molecule has 0 bridgehead atoms. The van der Waals surface area contributed by atoms with Gasteiger partial charge >= 0.3 is 0 Å². The Kier molecular flexibility index (Phi) is 7.64. The molecule has 0 radical (unpaired) electrons. The minimum Gasteiger partial charge on any atom is -0.494 e. The van der Waals surface area contributed by atoms with Gasteiger partial charge in [-0.2, -0.15) is 0 Å². The molecule has 0 saturated carbocycles. The Morgan fingerprint density at radius 3 is 2.08 bits per heavy atom. The van der Waals surface area contributed by atoms with Crippen LogP contribution in [0.15, 0.2) is 72.8 Å². The highest BCUT2D eigenvalue weighted by Crippen LogP contribution is 2.20. The molecular formula is C21H24O3. The predicted octanol–water partition coefficient (Wildman–Crippen LogP) is 4.69. The van der Waals surface area contributed by atoms with Gasteiger partial charge in [0.05, 0.1) is 13.2 Å². The molecule has 1 N–H and O–H groups in total. The fourth-order valence-electron chi connectivity index (χ4n) is 2.16. The lowest BCUT2D eigenvalue weighted by Crippen LogP contribution is -2.00. The van der Waals surface area contributed by atoms with Gasteiger partial charge in [-0.1, -0.05) is 55.5 Å². The summed E-state index contributed by atoms with van der Waals surface area (Å²) in [7, 11) is 0. The average molecular weight is 324 g/mol. The molecule has 0 spiro atoms. The lowest BCUT2D eigenvalue weighted by molar-refractivity contribution is 0.201. The zero-order valence-corrected chi connectivity index (χ0v) is 14.0. The molecule has 24 heavy (non-hydrogen) atoms. The summed E-state index contributed by atoms with van der Waals surface area (Å²) < 4.78 is 10.7. The summed E-state index contributed by atoms with van der Waals surface area (Å²) in [5.74, 6) is 1.77. The molecule has 3 aromatic rings. The van der Waals surface area contributed by atoms with Crippen molar-refractivity contribution in [1.82, 2.24) is 0 Å². The van der Waals surface area contributed by atoms with Crippen LogP contribution in [0.25, 0.3) is 10.8 Å². The second kappa shape index (κ2) is 10.3. The van der Waals surface area contributed by atoms with Gasteiger partial charge in [-0.3, -0.25) is 0 Å². The fourth-order valence-corrected chi connectivity index (χ4v) is 2.16. The van der Waals surface area contributed by atoms with Gasteiger partial charge in [0, 0.05) is 0 Å². The maximum absolute atomic E-state index is 8.40. The molecule has 3 nitrogen and oxygen atoms in total. The molecule has 0 aromatic heterocycles. The maximum Gasteiger partial charge on any atom is 0.119 e. The summed E-state index contributed by atoms with van der Waals surface area (Å²) >= 11 is 0. The molecule has 0 aliphatic rings. The summed E-state index contributed by atoms with van der Waals surface area (Å²) in [4.78, 5) is 0. The van der Waals surface area contributed by atoms with Crippen LogP contribution in [0.5, 0.6) is 11.5 Å². The first-order valence-electron chi connectivity index (χ1n) is 8.24. The molecular weight excluding hydrogens is 300 g/mol. The fraction of sp³-hybridized carbons (Fsp3) is 0.238. The zero-order chi connectivity index (χ0) is 17.0. The second-order valence-corrected chi connectivity index (χ2v) is 5.24. The number of aliphatic hydroxyl groups is 1. The summed E-state index contributed by atoms with van der Waals surface area (Å²) in [6.45, 7) is 3.33. The van der Waals surface area contributed by atoms with E-state index >= 15 is 0 Å². The Balaban J connectivity index is 0.000000185. The largest absolute Gasteiger partial charge is 0.494 e. The van der Waals surface area contributed by atoms with Crippen LogP contribution in [0.2, 0.25) is 0 Å².